The molecular formula is C11H18N2O3S. The number of carbonyl (C=O) groups is 2. The summed E-state index contributed by atoms with van der Waals surface area (Å²) in [6, 6.07) is -1.45. The van der Waals surface area contributed by atoms with Gasteiger partial charge in [-0.15, -0.1) is 18.3 Å². The zero-order chi connectivity index (χ0) is 13.0. The molecular weight excluding hydrogens is 240 g/mol. The van der Waals surface area contributed by atoms with E-state index in [2.05, 4.69) is 6.58 Å². The summed E-state index contributed by atoms with van der Waals surface area (Å²) in [5.41, 5.74) is 5.72. The number of rotatable bonds is 5. The van der Waals surface area contributed by atoms with Crippen LogP contribution in [0.25, 0.3) is 0 Å². The molecule has 3 unspecified atom stereocenters. The van der Waals surface area contributed by atoms with Gasteiger partial charge in [0.25, 0.3) is 0 Å². The summed E-state index contributed by atoms with van der Waals surface area (Å²) < 4.78 is 0. The predicted octanol–water partition coefficient (Wildman–Crippen LogP) is 0.654. The molecule has 0 bridgehead atoms. The van der Waals surface area contributed by atoms with Gasteiger partial charge in [-0.25, -0.2) is 4.79 Å². The van der Waals surface area contributed by atoms with Crippen LogP contribution in [-0.2, 0) is 9.59 Å². The zero-order valence-corrected chi connectivity index (χ0v) is 10.7. The van der Waals surface area contributed by atoms with Gasteiger partial charge in [0.2, 0.25) is 5.91 Å². The first-order valence-corrected chi connectivity index (χ1v) is 6.60. The van der Waals surface area contributed by atoms with Crippen LogP contribution in [0, 0.1) is 0 Å². The molecule has 3 atom stereocenters. The normalized spacial score (nSPS) is 25.6. The van der Waals surface area contributed by atoms with Crippen LogP contribution >= 0.6 is 11.8 Å². The Balaban J connectivity index is 2.84. The van der Waals surface area contributed by atoms with Crippen LogP contribution in [0.5, 0.6) is 0 Å². The summed E-state index contributed by atoms with van der Waals surface area (Å²) in [5.74, 6) is -0.831. The van der Waals surface area contributed by atoms with Crippen molar-refractivity contribution in [2.75, 3.05) is 5.75 Å². The highest BCUT2D eigenvalue weighted by atomic mass is 32.2. The third kappa shape index (κ3) is 3.01. The summed E-state index contributed by atoms with van der Waals surface area (Å²) in [7, 11) is 0. The molecule has 1 aliphatic heterocycles. The lowest BCUT2D eigenvalue weighted by Crippen LogP contribution is -2.51. The molecule has 17 heavy (non-hydrogen) atoms. The fraction of sp³-hybridized carbons (Fsp3) is 0.636. The molecule has 0 aromatic heterocycles. The van der Waals surface area contributed by atoms with Gasteiger partial charge in [-0.2, -0.15) is 0 Å². The fourth-order valence-electron chi connectivity index (χ4n) is 1.84. The second-order valence-corrected chi connectivity index (χ2v) is 5.14. The van der Waals surface area contributed by atoms with E-state index in [9.17, 15) is 9.59 Å². The topological polar surface area (TPSA) is 83.6 Å². The number of amides is 1. The Morgan fingerprint density at radius 3 is 2.82 bits per heavy atom. The first-order valence-electron chi connectivity index (χ1n) is 5.56. The third-order valence-electron chi connectivity index (χ3n) is 2.72. The second kappa shape index (κ2) is 6.07. The number of aliphatic carboxylic acids is 1. The Hall–Kier alpha value is -1.01. The summed E-state index contributed by atoms with van der Waals surface area (Å²) in [6.07, 6.45) is 2.66. The first-order chi connectivity index (χ1) is 8.02. The first kappa shape index (κ1) is 14.1. The van der Waals surface area contributed by atoms with Crippen molar-refractivity contribution in [2.45, 2.75) is 37.2 Å². The Bertz CT molecular complexity index is 322. The van der Waals surface area contributed by atoms with E-state index in [4.69, 9.17) is 10.8 Å². The van der Waals surface area contributed by atoms with E-state index in [0.29, 0.717) is 12.2 Å². The van der Waals surface area contributed by atoms with Crippen LogP contribution in [0.3, 0.4) is 0 Å². The minimum Gasteiger partial charge on any atom is -0.480 e. The van der Waals surface area contributed by atoms with Gasteiger partial charge in [0.15, 0.2) is 0 Å². The monoisotopic (exact) mass is 258 g/mol. The second-order valence-electron chi connectivity index (χ2n) is 3.93. The van der Waals surface area contributed by atoms with E-state index in [0.717, 1.165) is 6.42 Å². The molecule has 96 valence electrons. The Morgan fingerprint density at radius 2 is 2.35 bits per heavy atom. The molecule has 5 nitrogen and oxygen atoms in total. The molecule has 1 amide bonds. The molecule has 1 rings (SSSR count). The van der Waals surface area contributed by atoms with Crippen molar-refractivity contribution < 1.29 is 14.7 Å². The van der Waals surface area contributed by atoms with Gasteiger partial charge in [0, 0.05) is 5.75 Å². The van der Waals surface area contributed by atoms with E-state index in [1.54, 1.807) is 6.08 Å². The van der Waals surface area contributed by atoms with Gasteiger partial charge < -0.3 is 15.7 Å². The van der Waals surface area contributed by atoms with Crippen molar-refractivity contribution in [2.24, 2.45) is 5.73 Å². The van der Waals surface area contributed by atoms with Gasteiger partial charge in [0.1, 0.15) is 6.04 Å². The summed E-state index contributed by atoms with van der Waals surface area (Å²) >= 11 is 1.49. The molecule has 0 aromatic carbocycles. The Morgan fingerprint density at radius 1 is 1.71 bits per heavy atom. The van der Waals surface area contributed by atoms with E-state index in [-0.39, 0.29) is 11.3 Å². The molecule has 1 fully saturated rings. The lowest BCUT2D eigenvalue weighted by Gasteiger charge is -2.28. The molecule has 1 aliphatic rings. The van der Waals surface area contributed by atoms with E-state index < -0.39 is 18.1 Å². The minimum atomic E-state index is -0.965. The molecule has 0 radical (unpaired) electrons. The van der Waals surface area contributed by atoms with E-state index in [1.165, 1.54) is 16.7 Å². The number of carboxylic acids is 1. The number of nitrogens with zero attached hydrogens (tertiary/aromatic N) is 1. The van der Waals surface area contributed by atoms with Crippen molar-refractivity contribution >= 4 is 23.6 Å². The fourth-order valence-corrected chi connectivity index (χ4v) is 3.19. The molecule has 3 N–H and O–H groups in total. The Kier molecular flexibility index (Phi) is 5.02. The maximum absolute atomic E-state index is 12.1. The number of carbonyl (C=O) groups excluding carboxylic acids is 1. The number of carboxylic acid groups (broad SMARTS) is 1. The molecule has 0 saturated carbocycles. The number of nitrogens with two attached hydrogens (primary N) is 1. The summed E-state index contributed by atoms with van der Waals surface area (Å²) in [6.45, 7) is 5.46. The van der Waals surface area contributed by atoms with Crippen LogP contribution in [0.2, 0.25) is 0 Å². The van der Waals surface area contributed by atoms with Crippen LogP contribution in [0.15, 0.2) is 12.7 Å². The molecule has 0 spiro atoms. The van der Waals surface area contributed by atoms with Crippen LogP contribution in [-0.4, -0.2) is 45.1 Å². The molecule has 0 aromatic rings. The number of hydrogen-bond donors (Lipinski definition) is 2. The smallest absolute Gasteiger partial charge is 0.327 e. The minimum absolute atomic E-state index is 0.0838. The highest BCUT2D eigenvalue weighted by Gasteiger charge is 2.41. The van der Waals surface area contributed by atoms with Crippen LogP contribution in [0.1, 0.15) is 19.8 Å². The van der Waals surface area contributed by atoms with Crippen LogP contribution < -0.4 is 5.73 Å². The van der Waals surface area contributed by atoms with Crippen molar-refractivity contribution in [3.63, 3.8) is 0 Å². The predicted molar refractivity (Wildman–Crippen MR) is 67.6 cm³/mol. The molecule has 1 saturated heterocycles. The average Bonchev–Trinajstić information content (AvgIpc) is 2.71. The van der Waals surface area contributed by atoms with Crippen molar-refractivity contribution in [3.05, 3.63) is 12.7 Å². The standard InChI is InChI=1S/C11H18N2O3S/c1-3-5-7(12)10(14)13-8(11(15)16)6-17-9(13)4-2/h3,7-9H,1,4-6,12H2,2H3,(H,15,16). The van der Waals surface area contributed by atoms with Gasteiger partial charge in [-0.05, 0) is 12.8 Å². The average molecular weight is 258 g/mol. The molecule has 1 heterocycles. The quantitative estimate of drug-likeness (QED) is 0.708. The molecule has 0 aliphatic carbocycles. The largest absolute Gasteiger partial charge is 0.480 e. The van der Waals surface area contributed by atoms with Gasteiger partial charge in [-0.1, -0.05) is 13.0 Å². The van der Waals surface area contributed by atoms with E-state index >= 15 is 0 Å². The van der Waals surface area contributed by atoms with Crippen LogP contribution in [0.4, 0.5) is 0 Å². The lowest BCUT2D eigenvalue weighted by molar-refractivity contribution is -0.149. The molecule has 6 heteroatoms. The highest BCUT2D eigenvalue weighted by Crippen LogP contribution is 2.31. The number of thioether (sulfide) groups is 1. The lowest BCUT2D eigenvalue weighted by atomic mass is 10.1. The van der Waals surface area contributed by atoms with Gasteiger partial charge >= 0.3 is 5.97 Å². The summed E-state index contributed by atoms with van der Waals surface area (Å²) in [4.78, 5) is 24.6. The van der Waals surface area contributed by atoms with Crippen molar-refractivity contribution in [3.8, 4) is 0 Å². The highest BCUT2D eigenvalue weighted by molar-refractivity contribution is 8.00. The Labute approximate surface area is 105 Å². The van der Waals surface area contributed by atoms with E-state index in [1.807, 2.05) is 6.92 Å². The summed E-state index contributed by atoms with van der Waals surface area (Å²) in [5, 5.41) is 9.01. The third-order valence-corrected chi connectivity index (χ3v) is 4.17. The van der Waals surface area contributed by atoms with Crippen molar-refractivity contribution in [1.29, 1.82) is 0 Å². The maximum Gasteiger partial charge on any atom is 0.327 e. The van der Waals surface area contributed by atoms with Gasteiger partial charge in [-0.3, -0.25) is 4.79 Å². The van der Waals surface area contributed by atoms with Crippen molar-refractivity contribution in [1.82, 2.24) is 4.90 Å². The maximum atomic E-state index is 12.1. The SMILES string of the molecule is C=CCC(N)C(=O)N1C(CC)SCC1C(=O)O. The number of hydrogen-bond acceptors (Lipinski definition) is 4. The van der Waals surface area contributed by atoms with Gasteiger partial charge in [0.05, 0.1) is 11.4 Å². The zero-order valence-electron chi connectivity index (χ0n) is 9.83.